The van der Waals surface area contributed by atoms with E-state index in [1.165, 1.54) is 6.92 Å². The van der Waals surface area contributed by atoms with Gasteiger partial charge in [-0.1, -0.05) is 0 Å². The third-order valence-electron chi connectivity index (χ3n) is 3.02. The van der Waals surface area contributed by atoms with Crippen molar-refractivity contribution in [1.82, 2.24) is 10.0 Å². The van der Waals surface area contributed by atoms with Crippen LogP contribution in [-0.4, -0.2) is 46.1 Å². The van der Waals surface area contributed by atoms with E-state index >= 15 is 0 Å². The van der Waals surface area contributed by atoms with Gasteiger partial charge in [0.1, 0.15) is 0 Å². The van der Waals surface area contributed by atoms with Crippen molar-refractivity contribution in [2.24, 2.45) is 0 Å². The molecule has 0 unspecified atom stereocenters. The second-order valence-electron chi connectivity index (χ2n) is 4.59. The Hall–Kier alpha value is -1.75. The molecule has 0 aromatic heterocycles. The van der Waals surface area contributed by atoms with Gasteiger partial charge >= 0.3 is 5.97 Å². The van der Waals surface area contributed by atoms with Gasteiger partial charge in [-0.05, 0) is 27.0 Å². The maximum atomic E-state index is 12.2. The van der Waals surface area contributed by atoms with E-state index in [-0.39, 0.29) is 41.6 Å². The van der Waals surface area contributed by atoms with Crippen molar-refractivity contribution in [1.29, 1.82) is 0 Å². The summed E-state index contributed by atoms with van der Waals surface area (Å²) in [4.78, 5) is 21.9. The minimum absolute atomic E-state index is 0. The average molecular weight is 382 g/mol. The molecule has 0 aliphatic carbocycles. The number of hydrogen-bond acceptors (Lipinski definition) is 7. The number of nitro benzene ring substituents is 1. The van der Waals surface area contributed by atoms with Gasteiger partial charge in [0.05, 0.1) is 22.0 Å². The van der Waals surface area contributed by atoms with Gasteiger partial charge in [0.25, 0.3) is 5.69 Å². The molecule has 0 atom stereocenters. The van der Waals surface area contributed by atoms with Crippen LogP contribution in [0, 0.1) is 17.0 Å². The van der Waals surface area contributed by atoms with E-state index in [1.807, 2.05) is 0 Å². The molecule has 0 aliphatic rings. The molecular formula is C13H20ClN3O6S. The molecule has 2 N–H and O–H groups in total. The van der Waals surface area contributed by atoms with Crippen LogP contribution in [0.15, 0.2) is 17.0 Å². The fourth-order valence-electron chi connectivity index (χ4n) is 1.83. The molecule has 9 nitrogen and oxygen atoms in total. The minimum atomic E-state index is -3.98. The van der Waals surface area contributed by atoms with Gasteiger partial charge in [-0.25, -0.2) is 17.9 Å². The molecule has 0 bridgehead atoms. The number of hydrogen-bond donors (Lipinski definition) is 2. The highest BCUT2D eigenvalue weighted by Crippen LogP contribution is 2.27. The third-order valence-corrected chi connectivity index (χ3v) is 4.46. The smallest absolute Gasteiger partial charge is 0.338 e. The summed E-state index contributed by atoms with van der Waals surface area (Å²) >= 11 is 0. The number of nitro groups is 1. The number of halogens is 1. The Morgan fingerprint density at radius 3 is 2.46 bits per heavy atom. The fourth-order valence-corrected chi connectivity index (χ4v) is 2.91. The minimum Gasteiger partial charge on any atom is -0.462 e. The Labute approximate surface area is 146 Å². The number of rotatable bonds is 8. The predicted molar refractivity (Wildman–Crippen MR) is 90.2 cm³/mol. The monoisotopic (exact) mass is 381 g/mol. The van der Waals surface area contributed by atoms with Gasteiger partial charge in [-0.15, -0.1) is 12.4 Å². The number of benzene rings is 1. The van der Waals surface area contributed by atoms with E-state index in [0.717, 1.165) is 12.1 Å². The SMILES string of the molecule is CCOC(=O)c1cc(S(=O)(=O)NCCNC)cc([N+](=O)[O-])c1C.Cl. The molecule has 0 saturated carbocycles. The van der Waals surface area contributed by atoms with Crippen LogP contribution in [0.5, 0.6) is 0 Å². The lowest BCUT2D eigenvalue weighted by Crippen LogP contribution is -2.30. The maximum Gasteiger partial charge on any atom is 0.338 e. The highest BCUT2D eigenvalue weighted by molar-refractivity contribution is 7.89. The Bertz CT molecular complexity index is 708. The fraction of sp³-hybridized carbons (Fsp3) is 0.462. The van der Waals surface area contributed by atoms with Gasteiger partial charge in [0.15, 0.2) is 0 Å². The number of ether oxygens (including phenoxy) is 1. The second-order valence-corrected chi connectivity index (χ2v) is 6.36. The van der Waals surface area contributed by atoms with Gasteiger partial charge in [-0.3, -0.25) is 10.1 Å². The summed E-state index contributed by atoms with van der Waals surface area (Å²) in [5, 5.41) is 13.9. The second kappa shape index (κ2) is 9.52. The molecule has 0 amide bonds. The van der Waals surface area contributed by atoms with E-state index in [2.05, 4.69) is 10.0 Å². The van der Waals surface area contributed by atoms with Crippen LogP contribution in [0.4, 0.5) is 5.69 Å². The lowest BCUT2D eigenvalue weighted by atomic mass is 10.1. The number of esters is 1. The summed E-state index contributed by atoms with van der Waals surface area (Å²) in [5.41, 5.74) is -0.540. The van der Waals surface area contributed by atoms with Crippen LogP contribution < -0.4 is 10.0 Å². The topological polar surface area (TPSA) is 128 Å². The van der Waals surface area contributed by atoms with Crippen molar-refractivity contribution in [3.8, 4) is 0 Å². The zero-order valence-electron chi connectivity index (χ0n) is 13.5. The van der Waals surface area contributed by atoms with Crippen LogP contribution in [0.3, 0.4) is 0 Å². The largest absolute Gasteiger partial charge is 0.462 e. The number of likely N-dealkylation sites (N-methyl/N-ethyl adjacent to an activating group) is 1. The first-order valence-electron chi connectivity index (χ1n) is 6.85. The van der Waals surface area contributed by atoms with Crippen LogP contribution in [-0.2, 0) is 14.8 Å². The van der Waals surface area contributed by atoms with Crippen LogP contribution in [0.2, 0.25) is 0 Å². The molecule has 0 fully saturated rings. The van der Waals surface area contributed by atoms with Crippen molar-refractivity contribution in [2.75, 3.05) is 26.7 Å². The van der Waals surface area contributed by atoms with Gasteiger partial charge in [0, 0.05) is 24.7 Å². The quantitative estimate of drug-likeness (QED) is 0.297. The Balaban J connectivity index is 0.00000529. The van der Waals surface area contributed by atoms with Crippen molar-refractivity contribution < 1.29 is 22.9 Å². The van der Waals surface area contributed by atoms with E-state index in [0.29, 0.717) is 6.54 Å². The lowest BCUT2D eigenvalue weighted by Gasteiger charge is -2.11. The van der Waals surface area contributed by atoms with E-state index in [4.69, 9.17) is 4.74 Å². The number of sulfonamides is 1. The summed E-state index contributed by atoms with van der Waals surface area (Å²) < 4.78 is 31.5. The number of nitrogens with one attached hydrogen (secondary N) is 2. The zero-order valence-corrected chi connectivity index (χ0v) is 15.1. The molecule has 11 heteroatoms. The number of carbonyl (C=O) groups is 1. The highest BCUT2D eigenvalue weighted by atomic mass is 35.5. The summed E-state index contributed by atoms with van der Waals surface area (Å²) in [5.74, 6) is -0.805. The normalized spacial score (nSPS) is 10.8. The molecular weight excluding hydrogens is 362 g/mol. The average Bonchev–Trinajstić information content (AvgIpc) is 2.47. The van der Waals surface area contributed by atoms with Crippen LogP contribution in [0.1, 0.15) is 22.8 Å². The Morgan fingerprint density at radius 1 is 1.33 bits per heavy atom. The first-order chi connectivity index (χ1) is 10.7. The van der Waals surface area contributed by atoms with Crippen molar-refractivity contribution in [3.05, 3.63) is 33.4 Å². The summed E-state index contributed by atoms with van der Waals surface area (Å²) in [7, 11) is -2.32. The molecule has 0 saturated heterocycles. The number of carbonyl (C=O) groups excluding carboxylic acids is 1. The Kier molecular flexibility index (Phi) is 8.83. The standard InChI is InChI=1S/C13H19N3O6S.ClH/c1-4-22-13(17)11-7-10(8-12(9(11)2)16(18)19)23(20,21)15-6-5-14-3;/h7-8,14-15H,4-6H2,1-3H3;1H. The molecule has 1 aromatic carbocycles. The molecule has 0 aliphatic heterocycles. The molecule has 136 valence electrons. The summed E-state index contributed by atoms with van der Waals surface area (Å²) in [6, 6.07) is 2.02. The number of nitrogens with zero attached hydrogens (tertiary/aromatic N) is 1. The predicted octanol–water partition coefficient (Wildman–Crippen LogP) is 0.999. The summed E-state index contributed by atoms with van der Waals surface area (Å²) in [6.07, 6.45) is 0. The van der Waals surface area contributed by atoms with Crippen LogP contribution in [0.25, 0.3) is 0 Å². The molecule has 0 heterocycles. The summed E-state index contributed by atoms with van der Waals surface area (Å²) in [6.45, 7) is 3.52. The van der Waals surface area contributed by atoms with Crippen molar-refractivity contribution >= 4 is 34.1 Å². The van der Waals surface area contributed by atoms with Crippen molar-refractivity contribution in [3.63, 3.8) is 0 Å². The first kappa shape index (κ1) is 22.2. The first-order valence-corrected chi connectivity index (χ1v) is 8.33. The van der Waals surface area contributed by atoms with Crippen LogP contribution >= 0.6 is 12.4 Å². The molecule has 0 radical (unpaired) electrons. The van der Waals surface area contributed by atoms with Crippen molar-refractivity contribution in [2.45, 2.75) is 18.7 Å². The van der Waals surface area contributed by atoms with Gasteiger partial charge in [0.2, 0.25) is 10.0 Å². The van der Waals surface area contributed by atoms with E-state index in [1.54, 1.807) is 14.0 Å². The van der Waals surface area contributed by atoms with Gasteiger partial charge < -0.3 is 10.1 Å². The third kappa shape index (κ3) is 5.41. The molecule has 0 spiro atoms. The lowest BCUT2D eigenvalue weighted by molar-refractivity contribution is -0.385. The Morgan fingerprint density at radius 2 is 1.96 bits per heavy atom. The molecule has 1 aromatic rings. The van der Waals surface area contributed by atoms with E-state index < -0.39 is 26.6 Å². The van der Waals surface area contributed by atoms with Gasteiger partial charge in [-0.2, -0.15) is 0 Å². The molecule has 1 rings (SSSR count). The van der Waals surface area contributed by atoms with E-state index in [9.17, 15) is 23.3 Å². The zero-order chi connectivity index (χ0) is 17.6. The molecule has 24 heavy (non-hydrogen) atoms. The highest BCUT2D eigenvalue weighted by Gasteiger charge is 2.26. The maximum absolute atomic E-state index is 12.2.